The number of piperidine rings is 1. The molecule has 0 aliphatic carbocycles. The highest BCUT2D eigenvalue weighted by Gasteiger charge is 2.33. The minimum absolute atomic E-state index is 0.0971. The molecule has 1 aliphatic heterocycles. The van der Waals surface area contributed by atoms with E-state index in [9.17, 15) is 13.2 Å². The van der Waals surface area contributed by atoms with Gasteiger partial charge in [0.15, 0.2) is 0 Å². The van der Waals surface area contributed by atoms with Crippen molar-refractivity contribution in [3.8, 4) is 11.5 Å². The molecule has 3 rings (SSSR count). The van der Waals surface area contributed by atoms with Crippen LogP contribution in [-0.2, 0) is 21.2 Å². The molecule has 0 aromatic heterocycles. The number of sulfonamides is 1. The molecule has 31 heavy (non-hydrogen) atoms. The molecule has 1 N–H and O–H groups in total. The van der Waals surface area contributed by atoms with Crippen LogP contribution in [0.25, 0.3) is 0 Å². The molecule has 1 fully saturated rings. The van der Waals surface area contributed by atoms with Crippen molar-refractivity contribution in [2.24, 2.45) is 5.92 Å². The number of rotatable bonds is 9. The standard InChI is InChI=1S/C23H30N2O5S/c1-3-30-21-10-12-22(13-11-21)31(27,28)25-16-4-5-19(17-25)23(26)24-15-14-18-6-8-20(29-2)9-7-18/h6-13,19H,3-5,14-17H2,1-2H3,(H,24,26)/t19-/m0/s1. The summed E-state index contributed by atoms with van der Waals surface area (Å²) in [6, 6.07) is 14.1. The van der Waals surface area contributed by atoms with Crippen LogP contribution < -0.4 is 14.8 Å². The van der Waals surface area contributed by atoms with Crippen molar-refractivity contribution in [3.05, 3.63) is 54.1 Å². The third-order valence-electron chi connectivity index (χ3n) is 5.40. The Balaban J connectivity index is 1.55. The Morgan fingerprint density at radius 1 is 1.10 bits per heavy atom. The second-order valence-electron chi connectivity index (χ2n) is 7.50. The predicted molar refractivity (Wildman–Crippen MR) is 119 cm³/mol. The van der Waals surface area contributed by atoms with Gasteiger partial charge in [-0.05, 0) is 68.1 Å². The van der Waals surface area contributed by atoms with E-state index in [0.29, 0.717) is 44.7 Å². The Morgan fingerprint density at radius 3 is 2.42 bits per heavy atom. The van der Waals surface area contributed by atoms with Gasteiger partial charge >= 0.3 is 0 Å². The topological polar surface area (TPSA) is 84.9 Å². The highest BCUT2D eigenvalue weighted by molar-refractivity contribution is 7.89. The lowest BCUT2D eigenvalue weighted by molar-refractivity contribution is -0.126. The molecule has 2 aromatic rings. The van der Waals surface area contributed by atoms with Gasteiger partial charge in [0.1, 0.15) is 11.5 Å². The van der Waals surface area contributed by atoms with Crippen molar-refractivity contribution < 1.29 is 22.7 Å². The molecular formula is C23H30N2O5S. The fourth-order valence-electron chi connectivity index (χ4n) is 3.66. The average molecular weight is 447 g/mol. The first-order valence-corrected chi connectivity index (χ1v) is 12.0. The summed E-state index contributed by atoms with van der Waals surface area (Å²) in [5.41, 5.74) is 1.10. The van der Waals surface area contributed by atoms with Gasteiger partial charge in [-0.15, -0.1) is 0 Å². The molecule has 0 radical (unpaired) electrons. The highest BCUT2D eigenvalue weighted by Crippen LogP contribution is 2.25. The van der Waals surface area contributed by atoms with Crippen molar-refractivity contribution in [1.82, 2.24) is 9.62 Å². The number of benzene rings is 2. The molecule has 0 saturated carbocycles. The van der Waals surface area contributed by atoms with E-state index in [1.807, 2.05) is 31.2 Å². The van der Waals surface area contributed by atoms with Crippen LogP contribution in [0, 0.1) is 5.92 Å². The van der Waals surface area contributed by atoms with E-state index < -0.39 is 10.0 Å². The SMILES string of the molecule is CCOc1ccc(S(=O)(=O)N2CCC[C@H](C(=O)NCCc3ccc(OC)cc3)C2)cc1. The van der Waals surface area contributed by atoms with E-state index in [4.69, 9.17) is 9.47 Å². The van der Waals surface area contributed by atoms with E-state index >= 15 is 0 Å². The predicted octanol–water partition coefficient (Wildman–Crippen LogP) is 2.85. The van der Waals surface area contributed by atoms with Gasteiger partial charge in [0.05, 0.1) is 24.5 Å². The molecule has 1 saturated heterocycles. The summed E-state index contributed by atoms with van der Waals surface area (Å²) >= 11 is 0. The van der Waals surface area contributed by atoms with Gasteiger partial charge in [0.25, 0.3) is 0 Å². The maximum absolute atomic E-state index is 13.0. The second kappa shape index (κ2) is 10.6. The fourth-order valence-corrected chi connectivity index (χ4v) is 5.19. The number of carbonyl (C=O) groups is 1. The van der Waals surface area contributed by atoms with Crippen LogP contribution in [0.4, 0.5) is 0 Å². The quantitative estimate of drug-likeness (QED) is 0.640. The molecule has 168 valence electrons. The summed E-state index contributed by atoms with van der Waals surface area (Å²) in [6.07, 6.45) is 2.05. The van der Waals surface area contributed by atoms with Crippen LogP contribution in [0.5, 0.6) is 11.5 Å². The molecule has 1 atom stereocenters. The first kappa shape index (κ1) is 23.1. The second-order valence-corrected chi connectivity index (χ2v) is 9.43. The Morgan fingerprint density at radius 2 is 1.77 bits per heavy atom. The van der Waals surface area contributed by atoms with Crippen molar-refractivity contribution in [2.45, 2.75) is 31.1 Å². The van der Waals surface area contributed by atoms with Crippen LogP contribution in [0.1, 0.15) is 25.3 Å². The molecule has 0 unspecified atom stereocenters. The molecule has 8 heteroatoms. The summed E-state index contributed by atoms with van der Waals surface area (Å²) in [6.45, 7) is 3.52. The van der Waals surface area contributed by atoms with E-state index in [0.717, 1.165) is 11.3 Å². The minimum Gasteiger partial charge on any atom is -0.497 e. The molecule has 0 spiro atoms. The van der Waals surface area contributed by atoms with Crippen molar-refractivity contribution >= 4 is 15.9 Å². The summed E-state index contributed by atoms with van der Waals surface area (Å²) in [5, 5.41) is 2.95. The summed E-state index contributed by atoms with van der Waals surface area (Å²) in [4.78, 5) is 12.9. The van der Waals surface area contributed by atoms with E-state index in [1.165, 1.54) is 4.31 Å². The molecule has 1 heterocycles. The van der Waals surface area contributed by atoms with Gasteiger partial charge in [-0.1, -0.05) is 12.1 Å². The first-order chi connectivity index (χ1) is 14.9. The maximum Gasteiger partial charge on any atom is 0.243 e. The van der Waals surface area contributed by atoms with Gasteiger partial charge in [-0.3, -0.25) is 4.79 Å². The smallest absolute Gasteiger partial charge is 0.243 e. The zero-order chi connectivity index (χ0) is 22.3. The number of carbonyl (C=O) groups excluding carboxylic acids is 1. The maximum atomic E-state index is 13.0. The fraction of sp³-hybridized carbons (Fsp3) is 0.435. The number of hydrogen-bond acceptors (Lipinski definition) is 5. The third kappa shape index (κ3) is 5.98. The lowest BCUT2D eigenvalue weighted by atomic mass is 9.99. The Kier molecular flexibility index (Phi) is 7.92. The van der Waals surface area contributed by atoms with Crippen LogP contribution in [0.3, 0.4) is 0 Å². The van der Waals surface area contributed by atoms with Gasteiger partial charge in [-0.25, -0.2) is 8.42 Å². The number of hydrogen-bond donors (Lipinski definition) is 1. The third-order valence-corrected chi connectivity index (χ3v) is 7.28. The Labute approximate surface area is 184 Å². The molecule has 1 amide bonds. The normalized spacial score (nSPS) is 17.2. The van der Waals surface area contributed by atoms with E-state index in [2.05, 4.69) is 5.32 Å². The van der Waals surface area contributed by atoms with Crippen LogP contribution in [0.15, 0.2) is 53.4 Å². The Bertz CT molecular complexity index is 958. The monoisotopic (exact) mass is 446 g/mol. The zero-order valence-corrected chi connectivity index (χ0v) is 18.9. The molecular weight excluding hydrogens is 416 g/mol. The van der Waals surface area contributed by atoms with E-state index in [1.54, 1.807) is 31.4 Å². The number of nitrogens with one attached hydrogen (secondary N) is 1. The average Bonchev–Trinajstić information content (AvgIpc) is 2.80. The van der Waals surface area contributed by atoms with E-state index in [-0.39, 0.29) is 23.3 Å². The Hall–Kier alpha value is -2.58. The summed E-state index contributed by atoms with van der Waals surface area (Å²) in [5.74, 6) is 0.986. The summed E-state index contributed by atoms with van der Waals surface area (Å²) < 4.78 is 38.0. The largest absolute Gasteiger partial charge is 0.497 e. The van der Waals surface area contributed by atoms with Crippen molar-refractivity contribution in [2.75, 3.05) is 33.4 Å². The van der Waals surface area contributed by atoms with Crippen LogP contribution in [-0.4, -0.2) is 52.0 Å². The molecule has 2 aromatic carbocycles. The van der Waals surface area contributed by atoms with Gasteiger partial charge < -0.3 is 14.8 Å². The molecule has 7 nitrogen and oxygen atoms in total. The zero-order valence-electron chi connectivity index (χ0n) is 18.0. The highest BCUT2D eigenvalue weighted by atomic mass is 32.2. The van der Waals surface area contributed by atoms with Gasteiger partial charge in [0.2, 0.25) is 15.9 Å². The lowest BCUT2D eigenvalue weighted by Gasteiger charge is -2.31. The van der Waals surface area contributed by atoms with Crippen molar-refractivity contribution in [1.29, 1.82) is 0 Å². The van der Waals surface area contributed by atoms with Gasteiger partial charge in [0, 0.05) is 19.6 Å². The number of amides is 1. The van der Waals surface area contributed by atoms with Crippen LogP contribution >= 0.6 is 0 Å². The first-order valence-electron chi connectivity index (χ1n) is 10.6. The van der Waals surface area contributed by atoms with Crippen LogP contribution in [0.2, 0.25) is 0 Å². The molecule has 1 aliphatic rings. The summed E-state index contributed by atoms with van der Waals surface area (Å²) in [7, 11) is -2.02. The number of methoxy groups -OCH3 is 1. The minimum atomic E-state index is -3.64. The lowest BCUT2D eigenvalue weighted by Crippen LogP contribution is -2.45. The van der Waals surface area contributed by atoms with Gasteiger partial charge in [-0.2, -0.15) is 4.31 Å². The molecule has 0 bridgehead atoms. The number of ether oxygens (including phenoxy) is 2. The number of nitrogens with zero attached hydrogens (tertiary/aromatic N) is 1. The van der Waals surface area contributed by atoms with Crippen molar-refractivity contribution in [3.63, 3.8) is 0 Å².